The molecule has 0 aliphatic carbocycles. The first-order valence-corrected chi connectivity index (χ1v) is 3.34. The third kappa shape index (κ3) is 0.816. The summed E-state index contributed by atoms with van der Waals surface area (Å²) in [5.74, 6) is 0. The first-order valence-electron chi connectivity index (χ1n) is 3.34. The number of aromatic amines is 1. The molecule has 54 valence electrons. The van der Waals surface area contributed by atoms with Gasteiger partial charge in [-0.2, -0.15) is 15.4 Å². The van der Waals surface area contributed by atoms with E-state index in [2.05, 4.69) is 22.0 Å². The molecule has 1 aromatic heterocycles. The highest BCUT2D eigenvalue weighted by Crippen LogP contribution is 2.13. The molecule has 0 fully saturated rings. The van der Waals surface area contributed by atoms with Gasteiger partial charge in [0.05, 0.1) is 0 Å². The molecule has 0 aliphatic heterocycles. The first-order chi connectivity index (χ1) is 5.42. The second-order valence-corrected chi connectivity index (χ2v) is 2.24. The maximum atomic E-state index is 3.98. The summed E-state index contributed by atoms with van der Waals surface area (Å²) in [4.78, 5) is 0. The van der Waals surface area contributed by atoms with Crippen molar-refractivity contribution in [3.05, 3.63) is 30.3 Å². The molecular formula is C8H7N3. The Kier molecular flexibility index (Phi) is 1.22. The second kappa shape index (κ2) is 2.20. The third-order valence-corrected chi connectivity index (χ3v) is 1.60. The van der Waals surface area contributed by atoms with E-state index >= 15 is 0 Å². The van der Waals surface area contributed by atoms with Crippen molar-refractivity contribution >= 4 is 17.1 Å². The van der Waals surface area contributed by atoms with Crippen LogP contribution in [-0.4, -0.2) is 15.4 Å². The van der Waals surface area contributed by atoms with Gasteiger partial charge in [-0.3, -0.25) is 0 Å². The zero-order chi connectivity index (χ0) is 7.68. The second-order valence-electron chi connectivity index (χ2n) is 2.24. The van der Waals surface area contributed by atoms with Crippen molar-refractivity contribution in [2.45, 2.75) is 0 Å². The van der Waals surface area contributed by atoms with Crippen molar-refractivity contribution in [2.75, 3.05) is 0 Å². The molecule has 0 saturated heterocycles. The summed E-state index contributed by atoms with van der Waals surface area (Å²) in [6, 6.07) is 5.80. The van der Waals surface area contributed by atoms with Crippen molar-refractivity contribution in [1.82, 2.24) is 15.4 Å². The van der Waals surface area contributed by atoms with Gasteiger partial charge in [-0.25, -0.2) is 0 Å². The van der Waals surface area contributed by atoms with Crippen LogP contribution < -0.4 is 0 Å². The molecule has 1 N–H and O–H groups in total. The summed E-state index contributed by atoms with van der Waals surface area (Å²) >= 11 is 0. The van der Waals surface area contributed by atoms with E-state index in [4.69, 9.17) is 0 Å². The van der Waals surface area contributed by atoms with Crippen LogP contribution in [0.4, 0.5) is 0 Å². The van der Waals surface area contributed by atoms with E-state index in [0.717, 1.165) is 16.6 Å². The van der Waals surface area contributed by atoms with Gasteiger partial charge in [0.25, 0.3) is 0 Å². The quantitative estimate of drug-likeness (QED) is 0.662. The van der Waals surface area contributed by atoms with E-state index in [1.165, 1.54) is 0 Å². The van der Waals surface area contributed by atoms with Crippen LogP contribution in [0.1, 0.15) is 5.56 Å². The average molecular weight is 145 g/mol. The summed E-state index contributed by atoms with van der Waals surface area (Å²) in [5.41, 5.74) is 2.76. The molecule has 3 nitrogen and oxygen atoms in total. The van der Waals surface area contributed by atoms with Gasteiger partial charge in [0, 0.05) is 5.56 Å². The van der Waals surface area contributed by atoms with Crippen molar-refractivity contribution in [2.24, 2.45) is 0 Å². The monoisotopic (exact) mass is 145 g/mol. The van der Waals surface area contributed by atoms with E-state index < -0.39 is 0 Å². The van der Waals surface area contributed by atoms with Gasteiger partial charge < -0.3 is 0 Å². The lowest BCUT2D eigenvalue weighted by atomic mass is 10.2. The number of hydrogen-bond donors (Lipinski definition) is 1. The number of benzene rings is 1. The molecule has 2 rings (SSSR count). The molecular weight excluding hydrogens is 138 g/mol. The summed E-state index contributed by atoms with van der Waals surface area (Å²) in [5, 5.41) is 10.5. The van der Waals surface area contributed by atoms with Crippen LogP contribution in [0, 0.1) is 0 Å². The highest BCUT2D eigenvalue weighted by Gasteiger charge is 1.99. The Labute approximate surface area is 63.7 Å². The van der Waals surface area contributed by atoms with Gasteiger partial charge in [-0.1, -0.05) is 24.8 Å². The molecule has 0 amide bonds. The summed E-state index contributed by atoms with van der Waals surface area (Å²) in [6.07, 6.45) is 1.77. The van der Waals surface area contributed by atoms with Gasteiger partial charge in [-0.05, 0) is 6.07 Å². The van der Waals surface area contributed by atoms with Gasteiger partial charge >= 0.3 is 0 Å². The lowest BCUT2D eigenvalue weighted by Crippen LogP contribution is -1.74. The van der Waals surface area contributed by atoms with Crippen LogP contribution >= 0.6 is 0 Å². The first kappa shape index (κ1) is 6.09. The summed E-state index contributed by atoms with van der Waals surface area (Å²) in [6.45, 7) is 3.68. The minimum atomic E-state index is 0.877. The Balaban J connectivity index is 2.88. The zero-order valence-electron chi connectivity index (χ0n) is 5.91. The number of hydrogen-bond acceptors (Lipinski definition) is 2. The Morgan fingerprint density at radius 1 is 1.36 bits per heavy atom. The fraction of sp³-hybridized carbons (Fsp3) is 0. The van der Waals surface area contributed by atoms with E-state index in [1.807, 2.05) is 18.2 Å². The molecule has 0 saturated carbocycles. The molecule has 0 unspecified atom stereocenters. The molecule has 11 heavy (non-hydrogen) atoms. The molecule has 0 aliphatic rings. The predicted molar refractivity (Wildman–Crippen MR) is 44.0 cm³/mol. The number of rotatable bonds is 1. The number of para-hydroxylation sites is 1. The maximum Gasteiger partial charge on any atom is 0.120 e. The topological polar surface area (TPSA) is 41.6 Å². The molecule has 2 aromatic rings. The van der Waals surface area contributed by atoms with Gasteiger partial charge in [0.15, 0.2) is 0 Å². The largest absolute Gasteiger partial charge is 0.197 e. The smallest absolute Gasteiger partial charge is 0.120 e. The SMILES string of the molecule is C=Cc1cccc2n[nH]nc12. The van der Waals surface area contributed by atoms with E-state index in [0.29, 0.717) is 0 Å². The van der Waals surface area contributed by atoms with Crippen LogP contribution in [0.2, 0.25) is 0 Å². The van der Waals surface area contributed by atoms with Crippen LogP contribution in [-0.2, 0) is 0 Å². The Hall–Kier alpha value is -1.64. The Bertz CT molecular complexity index is 389. The molecule has 0 bridgehead atoms. The zero-order valence-corrected chi connectivity index (χ0v) is 5.91. The molecule has 1 aromatic carbocycles. The van der Waals surface area contributed by atoms with Gasteiger partial charge in [-0.15, -0.1) is 0 Å². The lowest BCUT2D eigenvalue weighted by Gasteiger charge is -1.90. The van der Waals surface area contributed by atoms with Crippen LogP contribution in [0.3, 0.4) is 0 Å². The fourth-order valence-electron chi connectivity index (χ4n) is 1.05. The number of aromatic nitrogens is 3. The molecule has 0 radical (unpaired) electrons. The normalized spacial score (nSPS) is 10.2. The number of H-pyrrole nitrogens is 1. The van der Waals surface area contributed by atoms with Gasteiger partial charge in [0.1, 0.15) is 11.0 Å². The van der Waals surface area contributed by atoms with Crippen LogP contribution in [0.25, 0.3) is 17.1 Å². The molecule has 1 heterocycles. The number of fused-ring (bicyclic) bond motifs is 1. The highest BCUT2D eigenvalue weighted by atomic mass is 15.3. The van der Waals surface area contributed by atoms with Crippen LogP contribution in [0.5, 0.6) is 0 Å². The van der Waals surface area contributed by atoms with Crippen molar-refractivity contribution in [3.63, 3.8) is 0 Å². The van der Waals surface area contributed by atoms with Crippen LogP contribution in [0.15, 0.2) is 24.8 Å². The summed E-state index contributed by atoms with van der Waals surface area (Å²) < 4.78 is 0. The average Bonchev–Trinajstić information content (AvgIpc) is 2.50. The third-order valence-electron chi connectivity index (χ3n) is 1.60. The van der Waals surface area contributed by atoms with E-state index in [9.17, 15) is 0 Å². The van der Waals surface area contributed by atoms with Crippen molar-refractivity contribution < 1.29 is 0 Å². The molecule has 3 heteroatoms. The fourth-order valence-corrected chi connectivity index (χ4v) is 1.05. The van der Waals surface area contributed by atoms with Crippen molar-refractivity contribution in [3.8, 4) is 0 Å². The van der Waals surface area contributed by atoms with Crippen molar-refractivity contribution in [1.29, 1.82) is 0 Å². The predicted octanol–water partition coefficient (Wildman–Crippen LogP) is 1.60. The standard InChI is InChI=1S/C8H7N3/c1-2-6-4-3-5-7-8(6)10-11-9-7/h2-5H,1H2,(H,9,10,11). The lowest BCUT2D eigenvalue weighted by molar-refractivity contribution is 0.959. The Morgan fingerprint density at radius 2 is 2.27 bits per heavy atom. The number of nitrogens with one attached hydrogen (secondary N) is 1. The van der Waals surface area contributed by atoms with E-state index in [-0.39, 0.29) is 0 Å². The van der Waals surface area contributed by atoms with E-state index in [1.54, 1.807) is 6.08 Å². The Morgan fingerprint density at radius 3 is 3.09 bits per heavy atom. The highest BCUT2D eigenvalue weighted by molar-refractivity contribution is 5.83. The molecule has 0 spiro atoms. The number of nitrogens with zero attached hydrogens (tertiary/aromatic N) is 2. The van der Waals surface area contributed by atoms with Gasteiger partial charge in [0.2, 0.25) is 0 Å². The summed E-state index contributed by atoms with van der Waals surface area (Å²) in [7, 11) is 0. The maximum absolute atomic E-state index is 3.98. The molecule has 0 atom stereocenters. The minimum absolute atomic E-state index is 0.877. The minimum Gasteiger partial charge on any atom is -0.197 e.